The molecule has 4 nitrogen and oxygen atoms in total. The average molecular weight is 335 g/mol. The highest BCUT2D eigenvalue weighted by atomic mass is 32.2. The molecule has 0 aromatic heterocycles. The summed E-state index contributed by atoms with van der Waals surface area (Å²) in [6, 6.07) is 6.83. The lowest BCUT2D eigenvalue weighted by Gasteiger charge is -2.56. The fourth-order valence-electron chi connectivity index (χ4n) is 5.67. The molecule has 4 fully saturated rings. The number of methoxy groups -OCH3 is 1. The second-order valence-electron chi connectivity index (χ2n) is 7.89. The number of benzene rings is 1. The molecule has 1 N–H and O–H groups in total. The first-order valence-electron chi connectivity index (χ1n) is 8.62. The highest BCUT2D eigenvalue weighted by Crippen LogP contribution is 2.59. The molecular weight excluding hydrogens is 310 g/mol. The Bertz CT molecular complexity index is 663. The van der Waals surface area contributed by atoms with E-state index in [-0.39, 0.29) is 10.3 Å². The van der Waals surface area contributed by atoms with Crippen LogP contribution in [0.15, 0.2) is 29.2 Å². The van der Waals surface area contributed by atoms with Crippen molar-refractivity contribution in [1.82, 2.24) is 4.72 Å². The van der Waals surface area contributed by atoms with E-state index in [1.165, 1.54) is 45.6 Å². The van der Waals surface area contributed by atoms with Crippen molar-refractivity contribution in [1.29, 1.82) is 0 Å². The molecule has 5 rings (SSSR count). The number of sulfonamides is 1. The zero-order valence-electron chi connectivity index (χ0n) is 13.6. The van der Waals surface area contributed by atoms with Crippen molar-refractivity contribution in [2.24, 2.45) is 23.2 Å². The Morgan fingerprint density at radius 3 is 2.22 bits per heavy atom. The van der Waals surface area contributed by atoms with Gasteiger partial charge in [0.1, 0.15) is 10.6 Å². The Balaban J connectivity index is 1.52. The van der Waals surface area contributed by atoms with Gasteiger partial charge in [0, 0.05) is 6.54 Å². The van der Waals surface area contributed by atoms with Crippen LogP contribution in [-0.4, -0.2) is 22.1 Å². The summed E-state index contributed by atoms with van der Waals surface area (Å²) >= 11 is 0. The SMILES string of the molecule is COc1ccccc1S(=O)(=O)NCC12CC3CC(CC(C3)C1)C2. The van der Waals surface area contributed by atoms with E-state index >= 15 is 0 Å². The summed E-state index contributed by atoms with van der Waals surface area (Å²) in [5.41, 5.74) is 0.198. The van der Waals surface area contributed by atoms with Crippen molar-refractivity contribution in [2.45, 2.75) is 43.4 Å². The molecule has 4 bridgehead atoms. The minimum Gasteiger partial charge on any atom is -0.495 e. The van der Waals surface area contributed by atoms with Crippen molar-refractivity contribution in [3.8, 4) is 5.75 Å². The Morgan fingerprint density at radius 2 is 1.65 bits per heavy atom. The van der Waals surface area contributed by atoms with Crippen LogP contribution in [0.4, 0.5) is 0 Å². The van der Waals surface area contributed by atoms with E-state index < -0.39 is 10.0 Å². The molecular formula is C18H25NO3S. The van der Waals surface area contributed by atoms with Gasteiger partial charge in [-0.15, -0.1) is 0 Å². The first kappa shape index (κ1) is 15.5. The van der Waals surface area contributed by atoms with Crippen molar-refractivity contribution in [3.63, 3.8) is 0 Å². The normalized spacial score (nSPS) is 35.4. The fourth-order valence-corrected chi connectivity index (χ4v) is 7.00. The third-order valence-electron chi connectivity index (χ3n) is 6.16. The van der Waals surface area contributed by atoms with Gasteiger partial charge in [0.2, 0.25) is 10.0 Å². The predicted octanol–water partition coefficient (Wildman–Crippen LogP) is 3.19. The summed E-state index contributed by atoms with van der Waals surface area (Å²) in [7, 11) is -2.01. The number of hydrogen-bond acceptors (Lipinski definition) is 3. The Morgan fingerprint density at radius 1 is 1.09 bits per heavy atom. The van der Waals surface area contributed by atoms with Gasteiger partial charge in [-0.25, -0.2) is 13.1 Å². The van der Waals surface area contributed by atoms with Crippen LogP contribution >= 0.6 is 0 Å². The van der Waals surface area contributed by atoms with Gasteiger partial charge in [0.15, 0.2) is 0 Å². The third kappa shape index (κ3) is 2.78. The summed E-state index contributed by atoms with van der Waals surface area (Å²) in [5.74, 6) is 2.90. The largest absolute Gasteiger partial charge is 0.495 e. The zero-order chi connectivity index (χ0) is 16.1. The molecule has 0 atom stereocenters. The molecule has 0 heterocycles. The molecule has 1 aromatic rings. The molecule has 0 spiro atoms. The first-order valence-corrected chi connectivity index (χ1v) is 10.1. The van der Waals surface area contributed by atoms with E-state index in [4.69, 9.17) is 4.74 Å². The standard InChI is InChI=1S/C18H25NO3S/c1-22-16-4-2-3-5-17(16)23(20,21)19-12-18-9-13-6-14(10-18)8-15(7-13)11-18/h2-5,13-15,19H,6-12H2,1H3. The van der Waals surface area contributed by atoms with Crippen LogP contribution in [0.2, 0.25) is 0 Å². The minimum atomic E-state index is -3.52. The number of nitrogens with one attached hydrogen (secondary N) is 1. The molecule has 1 aromatic carbocycles. The van der Waals surface area contributed by atoms with Crippen LogP contribution in [-0.2, 0) is 10.0 Å². The number of ether oxygens (including phenoxy) is 1. The van der Waals surface area contributed by atoms with E-state index in [1.54, 1.807) is 24.3 Å². The first-order chi connectivity index (χ1) is 11.0. The molecule has 4 aliphatic rings. The fraction of sp³-hybridized carbons (Fsp3) is 0.667. The van der Waals surface area contributed by atoms with Crippen LogP contribution in [0.1, 0.15) is 38.5 Å². The topological polar surface area (TPSA) is 55.4 Å². The van der Waals surface area contributed by atoms with E-state index in [0.29, 0.717) is 12.3 Å². The Hall–Kier alpha value is -1.07. The van der Waals surface area contributed by atoms with Crippen LogP contribution < -0.4 is 9.46 Å². The van der Waals surface area contributed by atoms with E-state index in [1.807, 2.05) is 0 Å². The number of hydrogen-bond donors (Lipinski definition) is 1. The Labute approximate surface area is 138 Å². The molecule has 23 heavy (non-hydrogen) atoms. The van der Waals surface area contributed by atoms with Gasteiger partial charge in [-0.05, 0) is 73.8 Å². The van der Waals surface area contributed by atoms with Gasteiger partial charge >= 0.3 is 0 Å². The number of rotatable bonds is 5. The molecule has 0 saturated heterocycles. The smallest absolute Gasteiger partial charge is 0.244 e. The lowest BCUT2D eigenvalue weighted by Crippen LogP contribution is -2.51. The van der Waals surface area contributed by atoms with Gasteiger partial charge in [-0.2, -0.15) is 0 Å². The van der Waals surface area contributed by atoms with Gasteiger partial charge in [-0.3, -0.25) is 0 Å². The zero-order valence-corrected chi connectivity index (χ0v) is 14.4. The van der Waals surface area contributed by atoms with Gasteiger partial charge in [0.05, 0.1) is 7.11 Å². The molecule has 0 aliphatic heterocycles. The van der Waals surface area contributed by atoms with E-state index in [2.05, 4.69) is 4.72 Å². The monoisotopic (exact) mass is 335 g/mol. The summed E-state index contributed by atoms with van der Waals surface area (Å²) in [6.07, 6.45) is 7.73. The average Bonchev–Trinajstić information content (AvgIpc) is 2.52. The maximum Gasteiger partial charge on any atom is 0.244 e. The quantitative estimate of drug-likeness (QED) is 0.899. The summed E-state index contributed by atoms with van der Waals surface area (Å²) < 4.78 is 33.5. The number of para-hydroxylation sites is 1. The maximum atomic E-state index is 12.7. The second-order valence-corrected chi connectivity index (χ2v) is 9.63. The summed E-state index contributed by atoms with van der Waals surface area (Å²) in [5, 5.41) is 0. The maximum absolute atomic E-state index is 12.7. The van der Waals surface area contributed by atoms with Crippen LogP contribution in [0.25, 0.3) is 0 Å². The minimum absolute atomic E-state index is 0.198. The van der Waals surface area contributed by atoms with E-state index in [0.717, 1.165) is 17.8 Å². The van der Waals surface area contributed by atoms with Crippen molar-refractivity contribution in [3.05, 3.63) is 24.3 Å². The van der Waals surface area contributed by atoms with E-state index in [9.17, 15) is 8.42 Å². The molecule has 0 radical (unpaired) electrons. The summed E-state index contributed by atoms with van der Waals surface area (Å²) in [4.78, 5) is 0.243. The highest BCUT2D eigenvalue weighted by Gasteiger charge is 2.51. The molecule has 0 amide bonds. The molecule has 126 valence electrons. The second kappa shape index (κ2) is 5.49. The summed E-state index contributed by atoms with van der Waals surface area (Å²) in [6.45, 7) is 0.580. The van der Waals surface area contributed by atoms with Gasteiger partial charge in [-0.1, -0.05) is 12.1 Å². The van der Waals surface area contributed by atoms with Crippen molar-refractivity contribution >= 4 is 10.0 Å². The van der Waals surface area contributed by atoms with Gasteiger partial charge < -0.3 is 4.74 Å². The molecule has 4 aliphatic carbocycles. The molecule has 0 unspecified atom stereocenters. The lowest BCUT2D eigenvalue weighted by atomic mass is 9.50. The Kier molecular flexibility index (Phi) is 3.69. The molecule has 5 heteroatoms. The predicted molar refractivity (Wildman–Crippen MR) is 88.8 cm³/mol. The third-order valence-corrected chi connectivity index (χ3v) is 7.60. The molecule has 4 saturated carbocycles. The van der Waals surface area contributed by atoms with Crippen molar-refractivity contribution in [2.75, 3.05) is 13.7 Å². The highest BCUT2D eigenvalue weighted by molar-refractivity contribution is 7.89. The van der Waals surface area contributed by atoms with Crippen LogP contribution in [0, 0.1) is 23.2 Å². The van der Waals surface area contributed by atoms with Crippen LogP contribution in [0.5, 0.6) is 5.75 Å². The van der Waals surface area contributed by atoms with Crippen LogP contribution in [0.3, 0.4) is 0 Å². The lowest BCUT2D eigenvalue weighted by molar-refractivity contribution is -0.0487. The van der Waals surface area contributed by atoms with Crippen molar-refractivity contribution < 1.29 is 13.2 Å². The van der Waals surface area contributed by atoms with Gasteiger partial charge in [0.25, 0.3) is 0 Å².